The molecule has 1 aliphatic heterocycles. The average Bonchev–Trinajstić information content (AvgIpc) is 2.44. The minimum atomic E-state index is -0.0800. The summed E-state index contributed by atoms with van der Waals surface area (Å²) in [5.74, 6) is -0.0800. The molecule has 2 rings (SSSR count). The van der Waals surface area contributed by atoms with Crippen LogP contribution in [-0.4, -0.2) is 18.1 Å². The summed E-state index contributed by atoms with van der Waals surface area (Å²) in [7, 11) is 0. The fourth-order valence-electron chi connectivity index (χ4n) is 3.00. The van der Waals surface area contributed by atoms with E-state index >= 15 is 0 Å². The second-order valence-corrected chi connectivity index (χ2v) is 7.14. The summed E-state index contributed by atoms with van der Waals surface area (Å²) in [6, 6.07) is 6.20. The van der Waals surface area contributed by atoms with Crippen LogP contribution in [-0.2, 0) is 6.54 Å². The van der Waals surface area contributed by atoms with Gasteiger partial charge in [-0.2, -0.15) is 0 Å². The van der Waals surface area contributed by atoms with Gasteiger partial charge < -0.3 is 10.2 Å². The summed E-state index contributed by atoms with van der Waals surface area (Å²) in [5, 5.41) is 3.40. The molecule has 1 atom stereocenters. The summed E-state index contributed by atoms with van der Waals surface area (Å²) in [6.07, 6.45) is 4.71. The van der Waals surface area contributed by atoms with E-state index in [0.29, 0.717) is 12.6 Å². The molecule has 1 aromatic carbocycles. The van der Waals surface area contributed by atoms with Crippen molar-refractivity contribution in [3.05, 3.63) is 29.6 Å². The number of hydrogen-bond acceptors (Lipinski definition) is 2. The van der Waals surface area contributed by atoms with Crippen molar-refractivity contribution in [2.45, 2.75) is 71.5 Å². The number of nitrogens with zero attached hydrogens (tertiary/aromatic N) is 1. The van der Waals surface area contributed by atoms with E-state index in [9.17, 15) is 4.39 Å². The summed E-state index contributed by atoms with van der Waals surface area (Å²) in [6.45, 7) is 10.3. The van der Waals surface area contributed by atoms with Crippen LogP contribution < -0.4 is 10.2 Å². The lowest BCUT2D eigenvalue weighted by Crippen LogP contribution is -2.39. The molecule has 0 bridgehead atoms. The smallest absolute Gasteiger partial charge is 0.146 e. The first kappa shape index (κ1) is 16.3. The molecule has 0 radical (unpaired) electrons. The van der Waals surface area contributed by atoms with Crippen LogP contribution in [0.25, 0.3) is 0 Å². The summed E-state index contributed by atoms with van der Waals surface area (Å²) >= 11 is 0. The molecule has 0 saturated carbocycles. The van der Waals surface area contributed by atoms with Crippen LogP contribution in [0.2, 0.25) is 0 Å². The lowest BCUT2D eigenvalue weighted by Gasteiger charge is -2.37. The molecule has 1 N–H and O–H groups in total. The zero-order valence-corrected chi connectivity index (χ0v) is 13.9. The van der Waals surface area contributed by atoms with Crippen molar-refractivity contribution in [3.8, 4) is 0 Å². The van der Waals surface area contributed by atoms with E-state index in [1.807, 2.05) is 6.07 Å². The molecule has 3 heteroatoms. The van der Waals surface area contributed by atoms with Crippen LogP contribution in [0, 0.1) is 5.82 Å². The van der Waals surface area contributed by atoms with Crippen molar-refractivity contribution in [2.24, 2.45) is 0 Å². The molecule has 21 heavy (non-hydrogen) atoms. The Morgan fingerprint density at radius 3 is 2.67 bits per heavy atom. The lowest BCUT2D eigenvalue weighted by atomic mass is 9.98. The van der Waals surface area contributed by atoms with Crippen LogP contribution in [0.1, 0.15) is 58.9 Å². The second-order valence-electron chi connectivity index (χ2n) is 7.14. The van der Waals surface area contributed by atoms with E-state index in [-0.39, 0.29) is 11.4 Å². The number of piperidine rings is 1. The predicted molar refractivity (Wildman–Crippen MR) is 88.3 cm³/mol. The fraction of sp³-hybridized carbons (Fsp3) is 0.667. The Balaban J connectivity index is 2.11. The SMILES string of the molecule is CCC1CCCCN1c1ccc(CNC(C)(C)C)cc1F. The van der Waals surface area contributed by atoms with Gasteiger partial charge in [0.15, 0.2) is 0 Å². The number of anilines is 1. The van der Waals surface area contributed by atoms with Crippen molar-refractivity contribution in [1.29, 1.82) is 0 Å². The maximum absolute atomic E-state index is 14.5. The van der Waals surface area contributed by atoms with Crippen molar-refractivity contribution in [1.82, 2.24) is 5.32 Å². The molecule has 1 heterocycles. The van der Waals surface area contributed by atoms with Crippen molar-refractivity contribution in [2.75, 3.05) is 11.4 Å². The van der Waals surface area contributed by atoms with Gasteiger partial charge in [-0.15, -0.1) is 0 Å². The van der Waals surface area contributed by atoms with E-state index in [1.54, 1.807) is 6.07 Å². The third-order valence-electron chi connectivity index (χ3n) is 4.24. The van der Waals surface area contributed by atoms with E-state index < -0.39 is 0 Å². The monoisotopic (exact) mass is 292 g/mol. The van der Waals surface area contributed by atoms with Gasteiger partial charge in [-0.3, -0.25) is 0 Å². The third-order valence-corrected chi connectivity index (χ3v) is 4.24. The van der Waals surface area contributed by atoms with E-state index in [0.717, 1.165) is 24.2 Å². The summed E-state index contributed by atoms with van der Waals surface area (Å²) < 4.78 is 14.5. The molecule has 0 aliphatic carbocycles. The highest BCUT2D eigenvalue weighted by Gasteiger charge is 2.23. The van der Waals surface area contributed by atoms with Gasteiger partial charge in [-0.05, 0) is 64.2 Å². The van der Waals surface area contributed by atoms with Crippen LogP contribution >= 0.6 is 0 Å². The molecule has 0 aromatic heterocycles. The van der Waals surface area contributed by atoms with Crippen LogP contribution in [0.4, 0.5) is 10.1 Å². The van der Waals surface area contributed by atoms with Crippen molar-refractivity contribution in [3.63, 3.8) is 0 Å². The van der Waals surface area contributed by atoms with E-state index in [4.69, 9.17) is 0 Å². The number of hydrogen-bond donors (Lipinski definition) is 1. The van der Waals surface area contributed by atoms with Gasteiger partial charge in [0.25, 0.3) is 0 Å². The van der Waals surface area contributed by atoms with Crippen molar-refractivity contribution < 1.29 is 4.39 Å². The maximum atomic E-state index is 14.5. The molecule has 0 amide bonds. The number of nitrogens with one attached hydrogen (secondary N) is 1. The zero-order valence-electron chi connectivity index (χ0n) is 13.9. The second kappa shape index (κ2) is 6.78. The van der Waals surface area contributed by atoms with Crippen LogP contribution in [0.3, 0.4) is 0 Å². The van der Waals surface area contributed by atoms with Crippen molar-refractivity contribution >= 4 is 5.69 Å². The lowest BCUT2D eigenvalue weighted by molar-refractivity contribution is 0.423. The third kappa shape index (κ3) is 4.44. The number of rotatable bonds is 4. The molecular weight excluding hydrogens is 263 g/mol. The first-order valence-corrected chi connectivity index (χ1v) is 8.21. The molecule has 1 aromatic rings. The highest BCUT2D eigenvalue weighted by molar-refractivity contribution is 5.50. The first-order valence-electron chi connectivity index (χ1n) is 8.21. The first-order chi connectivity index (χ1) is 9.90. The number of benzene rings is 1. The van der Waals surface area contributed by atoms with Crippen LogP contribution in [0.15, 0.2) is 18.2 Å². The largest absolute Gasteiger partial charge is 0.366 e. The normalized spacial score (nSPS) is 19.9. The van der Waals surface area contributed by atoms with E-state index in [2.05, 4.69) is 44.0 Å². The average molecular weight is 292 g/mol. The van der Waals surface area contributed by atoms with Gasteiger partial charge in [-0.25, -0.2) is 4.39 Å². The topological polar surface area (TPSA) is 15.3 Å². The maximum Gasteiger partial charge on any atom is 0.146 e. The predicted octanol–water partition coefficient (Wildman–Crippen LogP) is 4.48. The molecule has 118 valence electrons. The zero-order chi connectivity index (χ0) is 15.5. The molecule has 1 fully saturated rings. The number of halogens is 1. The standard InChI is InChI=1S/C18H29FN2/c1-5-15-8-6-7-11-21(15)17-10-9-14(12-16(17)19)13-20-18(2,3)4/h9-10,12,15,20H,5-8,11,13H2,1-4H3. The Hall–Kier alpha value is -1.09. The van der Waals surface area contributed by atoms with Gasteiger partial charge in [0.05, 0.1) is 5.69 Å². The fourth-order valence-corrected chi connectivity index (χ4v) is 3.00. The Morgan fingerprint density at radius 2 is 2.05 bits per heavy atom. The van der Waals surface area contributed by atoms with Gasteiger partial charge in [-0.1, -0.05) is 13.0 Å². The molecule has 1 unspecified atom stereocenters. The highest BCUT2D eigenvalue weighted by Crippen LogP contribution is 2.29. The molecule has 2 nitrogen and oxygen atoms in total. The summed E-state index contributed by atoms with van der Waals surface area (Å²) in [5.41, 5.74) is 1.84. The Bertz CT molecular complexity index is 465. The highest BCUT2D eigenvalue weighted by atomic mass is 19.1. The molecule has 1 saturated heterocycles. The molecule has 0 spiro atoms. The Kier molecular flexibility index (Phi) is 5.26. The molecular formula is C18H29FN2. The molecule has 1 aliphatic rings. The van der Waals surface area contributed by atoms with E-state index in [1.165, 1.54) is 19.3 Å². The minimum absolute atomic E-state index is 0.0509. The van der Waals surface area contributed by atoms with Crippen LogP contribution in [0.5, 0.6) is 0 Å². The minimum Gasteiger partial charge on any atom is -0.366 e. The van der Waals surface area contributed by atoms with Gasteiger partial charge in [0, 0.05) is 24.7 Å². The van der Waals surface area contributed by atoms with Gasteiger partial charge >= 0.3 is 0 Å². The Labute approximate surface area is 128 Å². The Morgan fingerprint density at radius 1 is 1.29 bits per heavy atom. The quantitative estimate of drug-likeness (QED) is 0.880. The van der Waals surface area contributed by atoms with Gasteiger partial charge in [0.2, 0.25) is 0 Å². The van der Waals surface area contributed by atoms with Gasteiger partial charge in [0.1, 0.15) is 5.82 Å². The summed E-state index contributed by atoms with van der Waals surface area (Å²) in [4.78, 5) is 2.26.